The van der Waals surface area contributed by atoms with Crippen LogP contribution in [0.25, 0.3) is 10.6 Å². The summed E-state index contributed by atoms with van der Waals surface area (Å²) in [4.78, 5) is 23.4. The Morgan fingerprint density at radius 2 is 1.60 bits per heavy atom. The molecule has 1 amide bonds. The van der Waals surface area contributed by atoms with Crippen LogP contribution in [-0.2, 0) is 17.5 Å². The monoisotopic (exact) mass is 438 g/mol. The summed E-state index contributed by atoms with van der Waals surface area (Å²) in [5, 5.41) is 2.70. The molecule has 3 heterocycles. The Labute approximate surface area is 178 Å². The third-order valence-electron chi connectivity index (χ3n) is 5.68. The maximum Gasteiger partial charge on any atom is 0.416 e. The highest BCUT2D eigenvalue weighted by Gasteiger charge is 2.30. The molecule has 2 saturated heterocycles. The molecule has 4 rings (SSSR count). The quantitative estimate of drug-likeness (QED) is 0.716. The zero-order chi connectivity index (χ0) is 21.1. The second-order valence-electron chi connectivity index (χ2n) is 7.86. The molecular formula is C21H25F3N4OS. The molecule has 0 unspecified atom stereocenters. The van der Waals surface area contributed by atoms with Crippen molar-refractivity contribution in [1.82, 2.24) is 19.7 Å². The third kappa shape index (κ3) is 5.19. The highest BCUT2D eigenvalue weighted by molar-refractivity contribution is 7.13. The number of hydrogen-bond donors (Lipinski definition) is 0. The molecule has 0 N–H and O–H groups in total. The lowest BCUT2D eigenvalue weighted by molar-refractivity contribution is -0.137. The highest BCUT2D eigenvalue weighted by atomic mass is 32.1. The third-order valence-corrected chi connectivity index (χ3v) is 6.62. The van der Waals surface area contributed by atoms with Crippen LogP contribution in [0.1, 0.15) is 24.1 Å². The number of halogens is 3. The first kappa shape index (κ1) is 21.3. The Bertz CT molecular complexity index is 854. The summed E-state index contributed by atoms with van der Waals surface area (Å²) in [6.45, 7) is 6.47. The topological polar surface area (TPSA) is 39.7 Å². The Hall–Kier alpha value is -1.97. The van der Waals surface area contributed by atoms with Gasteiger partial charge in [-0.25, -0.2) is 4.98 Å². The van der Waals surface area contributed by atoms with Crippen molar-refractivity contribution in [3.63, 3.8) is 0 Å². The molecule has 0 atom stereocenters. The standard InChI is InChI=1S/C21H25F3N4OS/c22-21(23,24)17-5-3-16(4-6-17)20-25-18(15-30-20)13-26-9-11-27(12-10-26)14-19(29)28-7-1-2-8-28/h3-6,15H,1-2,7-14H2. The maximum atomic E-state index is 12.7. The molecule has 0 aliphatic carbocycles. The van der Waals surface area contributed by atoms with Gasteiger partial charge in [-0.05, 0) is 25.0 Å². The Morgan fingerprint density at radius 3 is 2.23 bits per heavy atom. The number of carbonyl (C=O) groups excluding carboxylic acids is 1. The van der Waals surface area contributed by atoms with E-state index >= 15 is 0 Å². The fourth-order valence-electron chi connectivity index (χ4n) is 3.91. The zero-order valence-electron chi connectivity index (χ0n) is 16.7. The second-order valence-corrected chi connectivity index (χ2v) is 8.72. The van der Waals surface area contributed by atoms with Gasteiger partial charge in [0.05, 0.1) is 17.8 Å². The van der Waals surface area contributed by atoms with Gasteiger partial charge >= 0.3 is 6.18 Å². The van der Waals surface area contributed by atoms with Crippen molar-refractivity contribution < 1.29 is 18.0 Å². The molecule has 2 aromatic rings. The number of alkyl halides is 3. The highest BCUT2D eigenvalue weighted by Crippen LogP contribution is 2.32. The average Bonchev–Trinajstić information content (AvgIpc) is 3.41. The lowest BCUT2D eigenvalue weighted by Gasteiger charge is -2.34. The second kappa shape index (κ2) is 9.03. The number of amides is 1. The van der Waals surface area contributed by atoms with Crippen LogP contribution in [0.5, 0.6) is 0 Å². The van der Waals surface area contributed by atoms with Gasteiger partial charge in [0.1, 0.15) is 5.01 Å². The number of hydrogen-bond acceptors (Lipinski definition) is 5. The number of rotatable bonds is 5. The fraction of sp³-hybridized carbons (Fsp3) is 0.524. The van der Waals surface area contributed by atoms with Crippen molar-refractivity contribution in [1.29, 1.82) is 0 Å². The molecule has 0 bridgehead atoms. The molecule has 0 spiro atoms. The van der Waals surface area contributed by atoms with E-state index in [0.29, 0.717) is 18.7 Å². The molecule has 2 fully saturated rings. The fourth-order valence-corrected chi connectivity index (χ4v) is 4.72. The van der Waals surface area contributed by atoms with E-state index < -0.39 is 11.7 Å². The summed E-state index contributed by atoms with van der Waals surface area (Å²) in [7, 11) is 0. The summed E-state index contributed by atoms with van der Waals surface area (Å²) in [5.74, 6) is 0.238. The number of benzene rings is 1. The number of carbonyl (C=O) groups is 1. The first-order valence-electron chi connectivity index (χ1n) is 10.2. The van der Waals surface area contributed by atoms with E-state index in [9.17, 15) is 18.0 Å². The van der Waals surface area contributed by atoms with E-state index in [1.54, 1.807) is 0 Å². The minimum Gasteiger partial charge on any atom is -0.342 e. The molecule has 1 aromatic carbocycles. The van der Waals surface area contributed by atoms with Crippen LogP contribution < -0.4 is 0 Å². The van der Waals surface area contributed by atoms with E-state index in [1.807, 2.05) is 10.3 Å². The summed E-state index contributed by atoms with van der Waals surface area (Å²) < 4.78 is 38.2. The van der Waals surface area contributed by atoms with Crippen molar-refractivity contribution in [2.45, 2.75) is 25.6 Å². The number of thiazole rings is 1. The van der Waals surface area contributed by atoms with Gasteiger partial charge in [-0.15, -0.1) is 11.3 Å². The molecule has 2 aliphatic rings. The van der Waals surface area contributed by atoms with Gasteiger partial charge in [0, 0.05) is 56.8 Å². The molecule has 2 aliphatic heterocycles. The van der Waals surface area contributed by atoms with Crippen LogP contribution in [0.2, 0.25) is 0 Å². The Balaban J connectivity index is 1.27. The lowest BCUT2D eigenvalue weighted by Crippen LogP contribution is -2.49. The number of likely N-dealkylation sites (tertiary alicyclic amines) is 1. The van der Waals surface area contributed by atoms with E-state index in [4.69, 9.17) is 0 Å². The normalized spacial score (nSPS) is 18.8. The van der Waals surface area contributed by atoms with Crippen molar-refractivity contribution in [3.8, 4) is 10.6 Å². The first-order chi connectivity index (χ1) is 14.4. The van der Waals surface area contributed by atoms with Crippen LogP contribution in [-0.4, -0.2) is 71.4 Å². The van der Waals surface area contributed by atoms with Crippen LogP contribution in [0, 0.1) is 0 Å². The largest absolute Gasteiger partial charge is 0.416 e. The van der Waals surface area contributed by atoms with E-state index in [1.165, 1.54) is 23.5 Å². The molecule has 5 nitrogen and oxygen atoms in total. The number of aromatic nitrogens is 1. The summed E-state index contributed by atoms with van der Waals surface area (Å²) in [6, 6.07) is 5.14. The van der Waals surface area contributed by atoms with Gasteiger partial charge in [0.25, 0.3) is 0 Å². The van der Waals surface area contributed by atoms with Gasteiger partial charge in [-0.1, -0.05) is 12.1 Å². The van der Waals surface area contributed by atoms with Crippen LogP contribution in [0.4, 0.5) is 13.2 Å². The van der Waals surface area contributed by atoms with Gasteiger partial charge in [0.15, 0.2) is 0 Å². The molecule has 9 heteroatoms. The molecular weight excluding hydrogens is 413 g/mol. The molecule has 30 heavy (non-hydrogen) atoms. The maximum absolute atomic E-state index is 12.7. The summed E-state index contributed by atoms with van der Waals surface area (Å²) in [6.07, 6.45) is -2.10. The number of nitrogens with zero attached hydrogens (tertiary/aromatic N) is 4. The van der Waals surface area contributed by atoms with Crippen LogP contribution in [0.15, 0.2) is 29.6 Å². The lowest BCUT2D eigenvalue weighted by atomic mass is 10.1. The van der Waals surface area contributed by atoms with Gasteiger partial charge in [-0.2, -0.15) is 13.2 Å². The van der Waals surface area contributed by atoms with Crippen molar-refractivity contribution in [2.75, 3.05) is 45.8 Å². The van der Waals surface area contributed by atoms with Crippen LogP contribution >= 0.6 is 11.3 Å². The smallest absolute Gasteiger partial charge is 0.342 e. The average molecular weight is 439 g/mol. The van der Waals surface area contributed by atoms with E-state index in [-0.39, 0.29) is 5.91 Å². The SMILES string of the molecule is O=C(CN1CCN(Cc2csc(-c3ccc(C(F)(F)F)cc3)n2)CC1)N1CCCC1. The Morgan fingerprint density at radius 1 is 0.967 bits per heavy atom. The van der Waals surface area contributed by atoms with Crippen molar-refractivity contribution >= 4 is 17.2 Å². The van der Waals surface area contributed by atoms with Gasteiger partial charge < -0.3 is 4.90 Å². The van der Waals surface area contributed by atoms with Gasteiger partial charge in [0.2, 0.25) is 5.91 Å². The molecule has 0 radical (unpaired) electrons. The van der Waals surface area contributed by atoms with Gasteiger partial charge in [-0.3, -0.25) is 14.6 Å². The predicted molar refractivity (Wildman–Crippen MR) is 110 cm³/mol. The van der Waals surface area contributed by atoms with E-state index in [2.05, 4.69) is 14.8 Å². The summed E-state index contributed by atoms with van der Waals surface area (Å²) in [5.41, 5.74) is 0.977. The predicted octanol–water partition coefficient (Wildman–Crippen LogP) is 3.57. The minimum atomic E-state index is -4.33. The molecule has 1 aromatic heterocycles. The summed E-state index contributed by atoms with van der Waals surface area (Å²) >= 11 is 1.45. The Kier molecular flexibility index (Phi) is 6.40. The van der Waals surface area contributed by atoms with Crippen molar-refractivity contribution in [2.24, 2.45) is 0 Å². The zero-order valence-corrected chi connectivity index (χ0v) is 17.5. The van der Waals surface area contributed by atoms with Crippen LogP contribution in [0.3, 0.4) is 0 Å². The van der Waals surface area contributed by atoms with Crippen molar-refractivity contribution in [3.05, 3.63) is 40.9 Å². The minimum absolute atomic E-state index is 0.238. The molecule has 162 valence electrons. The number of piperazine rings is 1. The molecule has 0 saturated carbocycles. The van der Waals surface area contributed by atoms with E-state index in [0.717, 1.165) is 74.9 Å². The first-order valence-corrected chi connectivity index (χ1v) is 11.1.